The summed E-state index contributed by atoms with van der Waals surface area (Å²) in [5.41, 5.74) is 2.98. The van der Waals surface area contributed by atoms with Gasteiger partial charge in [0.05, 0.1) is 11.8 Å². The van der Waals surface area contributed by atoms with E-state index in [-0.39, 0.29) is 11.6 Å². The minimum atomic E-state index is -0.921. The van der Waals surface area contributed by atoms with Gasteiger partial charge in [-0.2, -0.15) is 9.61 Å². The van der Waals surface area contributed by atoms with Gasteiger partial charge in [-0.05, 0) is 31.5 Å². The Balaban J connectivity index is 1.87. The zero-order chi connectivity index (χ0) is 15.7. The molecule has 22 heavy (non-hydrogen) atoms. The van der Waals surface area contributed by atoms with Crippen LogP contribution in [0.1, 0.15) is 34.6 Å². The summed E-state index contributed by atoms with van der Waals surface area (Å²) in [4.78, 5) is 15.3. The van der Waals surface area contributed by atoms with Gasteiger partial charge in [0.15, 0.2) is 5.65 Å². The highest BCUT2D eigenvalue weighted by Gasteiger charge is 2.10. The number of carbonyl (C=O) groups is 1. The zero-order valence-corrected chi connectivity index (χ0v) is 12.3. The Labute approximate surface area is 127 Å². The SMILES string of the molecule is Cc1cc(N[C@@H](C)c2ccc(C(=O)O)cc2)n2nccc2n1. The Bertz CT molecular complexity index is 824. The van der Waals surface area contributed by atoms with E-state index in [9.17, 15) is 4.79 Å². The van der Waals surface area contributed by atoms with Crippen LogP contribution in [0.25, 0.3) is 5.65 Å². The second-order valence-electron chi connectivity index (χ2n) is 5.18. The molecule has 1 aromatic carbocycles. The number of fused-ring (bicyclic) bond motifs is 1. The molecule has 0 fully saturated rings. The number of hydrogen-bond donors (Lipinski definition) is 2. The number of carboxylic acid groups (broad SMARTS) is 1. The van der Waals surface area contributed by atoms with Crippen LogP contribution >= 0.6 is 0 Å². The van der Waals surface area contributed by atoms with E-state index in [4.69, 9.17) is 5.11 Å². The first kappa shape index (κ1) is 14.1. The smallest absolute Gasteiger partial charge is 0.335 e. The third-order valence-electron chi connectivity index (χ3n) is 3.51. The number of aryl methyl sites for hydroxylation is 1. The van der Waals surface area contributed by atoms with Gasteiger partial charge in [-0.25, -0.2) is 9.78 Å². The minimum absolute atomic E-state index is 0.0112. The summed E-state index contributed by atoms with van der Waals surface area (Å²) in [7, 11) is 0. The van der Waals surface area contributed by atoms with Crippen LogP contribution in [0.5, 0.6) is 0 Å². The Morgan fingerprint density at radius 1 is 1.27 bits per heavy atom. The first-order valence-corrected chi connectivity index (χ1v) is 6.96. The Kier molecular flexibility index (Phi) is 3.50. The van der Waals surface area contributed by atoms with E-state index in [1.165, 1.54) is 0 Å². The molecule has 2 N–H and O–H groups in total. The summed E-state index contributed by atoms with van der Waals surface area (Å²) in [6.45, 7) is 3.95. The van der Waals surface area contributed by atoms with Crippen LogP contribution in [-0.4, -0.2) is 25.7 Å². The standard InChI is InChI=1S/C16H16N4O2/c1-10-9-15(20-14(18-10)7-8-17-20)19-11(2)12-3-5-13(6-4-12)16(21)22/h3-9,11,19H,1-2H3,(H,21,22)/t11-/m0/s1. The van der Waals surface area contributed by atoms with Crippen molar-refractivity contribution in [1.82, 2.24) is 14.6 Å². The first-order chi connectivity index (χ1) is 10.5. The fraction of sp³-hybridized carbons (Fsp3) is 0.188. The molecule has 0 saturated heterocycles. The lowest BCUT2D eigenvalue weighted by Gasteiger charge is -2.17. The van der Waals surface area contributed by atoms with Crippen molar-refractivity contribution in [2.45, 2.75) is 19.9 Å². The van der Waals surface area contributed by atoms with Crippen molar-refractivity contribution >= 4 is 17.4 Å². The highest BCUT2D eigenvalue weighted by molar-refractivity contribution is 5.87. The largest absolute Gasteiger partial charge is 0.478 e. The van der Waals surface area contributed by atoms with Gasteiger partial charge in [0.1, 0.15) is 5.82 Å². The molecule has 0 bridgehead atoms. The second-order valence-corrected chi connectivity index (χ2v) is 5.18. The van der Waals surface area contributed by atoms with E-state index in [1.54, 1.807) is 22.8 Å². The summed E-state index contributed by atoms with van der Waals surface area (Å²) in [6, 6.07) is 10.6. The van der Waals surface area contributed by atoms with Gasteiger partial charge in [-0.3, -0.25) is 0 Å². The number of nitrogens with one attached hydrogen (secondary N) is 1. The monoisotopic (exact) mass is 296 g/mol. The summed E-state index contributed by atoms with van der Waals surface area (Å²) >= 11 is 0. The molecule has 0 unspecified atom stereocenters. The van der Waals surface area contributed by atoms with E-state index in [0.717, 1.165) is 22.7 Å². The van der Waals surface area contributed by atoms with Crippen LogP contribution < -0.4 is 5.32 Å². The van der Waals surface area contributed by atoms with Crippen molar-refractivity contribution in [2.24, 2.45) is 0 Å². The number of hydrogen-bond acceptors (Lipinski definition) is 4. The minimum Gasteiger partial charge on any atom is -0.478 e. The summed E-state index contributed by atoms with van der Waals surface area (Å²) in [6.07, 6.45) is 1.71. The van der Waals surface area contributed by atoms with Gasteiger partial charge in [-0.1, -0.05) is 12.1 Å². The second kappa shape index (κ2) is 5.48. The summed E-state index contributed by atoms with van der Waals surface area (Å²) < 4.78 is 1.75. The lowest BCUT2D eigenvalue weighted by Crippen LogP contribution is -2.11. The number of benzene rings is 1. The van der Waals surface area contributed by atoms with Gasteiger partial charge in [0.2, 0.25) is 0 Å². The molecule has 0 aliphatic carbocycles. The molecule has 0 aliphatic heterocycles. The molecule has 2 aromatic heterocycles. The number of rotatable bonds is 4. The Morgan fingerprint density at radius 3 is 2.68 bits per heavy atom. The van der Waals surface area contributed by atoms with E-state index in [0.29, 0.717) is 0 Å². The van der Waals surface area contributed by atoms with Crippen molar-refractivity contribution in [2.75, 3.05) is 5.32 Å². The van der Waals surface area contributed by atoms with Gasteiger partial charge >= 0.3 is 5.97 Å². The van der Waals surface area contributed by atoms with Gasteiger partial charge in [0, 0.05) is 23.9 Å². The molecule has 3 aromatic rings. The third kappa shape index (κ3) is 2.63. The number of carboxylic acids is 1. The molecule has 2 heterocycles. The predicted octanol–water partition coefficient (Wildman–Crippen LogP) is 2.91. The van der Waals surface area contributed by atoms with Crippen molar-refractivity contribution < 1.29 is 9.90 Å². The molecule has 0 saturated carbocycles. The highest BCUT2D eigenvalue weighted by Crippen LogP contribution is 2.20. The number of aromatic nitrogens is 3. The Morgan fingerprint density at radius 2 is 2.00 bits per heavy atom. The number of nitrogens with zero attached hydrogens (tertiary/aromatic N) is 3. The number of aromatic carboxylic acids is 1. The first-order valence-electron chi connectivity index (χ1n) is 6.96. The Hall–Kier alpha value is -2.89. The molecule has 6 heteroatoms. The summed E-state index contributed by atoms with van der Waals surface area (Å²) in [5, 5.41) is 16.6. The summed E-state index contributed by atoms with van der Waals surface area (Å²) in [5.74, 6) is -0.0718. The molecule has 0 spiro atoms. The lowest BCUT2D eigenvalue weighted by molar-refractivity contribution is 0.0697. The van der Waals surface area contributed by atoms with Crippen LogP contribution in [-0.2, 0) is 0 Å². The van der Waals surface area contributed by atoms with Crippen molar-refractivity contribution in [3.8, 4) is 0 Å². The van der Waals surface area contributed by atoms with Gasteiger partial charge in [0.25, 0.3) is 0 Å². The molecule has 0 radical (unpaired) electrons. The van der Waals surface area contributed by atoms with Crippen LogP contribution in [0.15, 0.2) is 42.6 Å². The number of anilines is 1. The predicted molar refractivity (Wildman–Crippen MR) is 83.2 cm³/mol. The van der Waals surface area contributed by atoms with Crippen LogP contribution in [0, 0.1) is 6.92 Å². The molecule has 1 atom stereocenters. The van der Waals surface area contributed by atoms with Crippen molar-refractivity contribution in [3.05, 3.63) is 59.4 Å². The van der Waals surface area contributed by atoms with E-state index < -0.39 is 5.97 Å². The fourth-order valence-corrected chi connectivity index (χ4v) is 2.36. The molecular formula is C16H16N4O2. The normalized spacial score (nSPS) is 12.3. The topological polar surface area (TPSA) is 79.5 Å². The average Bonchev–Trinajstić information content (AvgIpc) is 2.95. The van der Waals surface area contributed by atoms with Crippen LogP contribution in [0.2, 0.25) is 0 Å². The molecule has 6 nitrogen and oxygen atoms in total. The zero-order valence-electron chi connectivity index (χ0n) is 12.3. The van der Waals surface area contributed by atoms with E-state index in [1.807, 2.05) is 38.1 Å². The molecule has 0 aliphatic rings. The van der Waals surface area contributed by atoms with Gasteiger partial charge in [-0.15, -0.1) is 0 Å². The molecular weight excluding hydrogens is 280 g/mol. The molecule has 3 rings (SSSR count). The third-order valence-corrected chi connectivity index (χ3v) is 3.51. The maximum absolute atomic E-state index is 10.9. The van der Waals surface area contributed by atoms with Crippen molar-refractivity contribution in [3.63, 3.8) is 0 Å². The van der Waals surface area contributed by atoms with Crippen molar-refractivity contribution in [1.29, 1.82) is 0 Å². The van der Waals surface area contributed by atoms with Gasteiger partial charge < -0.3 is 10.4 Å². The lowest BCUT2D eigenvalue weighted by atomic mass is 10.1. The fourth-order valence-electron chi connectivity index (χ4n) is 2.36. The molecule has 112 valence electrons. The average molecular weight is 296 g/mol. The quantitative estimate of drug-likeness (QED) is 0.774. The van der Waals surface area contributed by atoms with E-state index in [2.05, 4.69) is 15.4 Å². The maximum atomic E-state index is 10.9. The van der Waals surface area contributed by atoms with Crippen LogP contribution in [0.4, 0.5) is 5.82 Å². The van der Waals surface area contributed by atoms with Crippen LogP contribution in [0.3, 0.4) is 0 Å². The molecule has 0 amide bonds. The maximum Gasteiger partial charge on any atom is 0.335 e. The highest BCUT2D eigenvalue weighted by atomic mass is 16.4. The van der Waals surface area contributed by atoms with E-state index >= 15 is 0 Å².